The van der Waals surface area contributed by atoms with Crippen LogP contribution < -0.4 is 5.32 Å². The molecule has 1 N–H and O–H groups in total. The summed E-state index contributed by atoms with van der Waals surface area (Å²) in [6.07, 6.45) is 2.90. The number of anilines is 1. The molecule has 2 aromatic heterocycles. The van der Waals surface area contributed by atoms with Crippen molar-refractivity contribution in [3.8, 4) is 0 Å². The highest BCUT2D eigenvalue weighted by Crippen LogP contribution is 2.18. The average Bonchev–Trinajstić information content (AvgIpc) is 2.70. The number of pyridine rings is 1. The number of thiophene rings is 1. The van der Waals surface area contributed by atoms with Gasteiger partial charge in [0.25, 0.3) is 0 Å². The van der Waals surface area contributed by atoms with E-state index in [0.717, 1.165) is 23.3 Å². The zero-order valence-electron chi connectivity index (χ0n) is 9.96. The fourth-order valence-electron chi connectivity index (χ4n) is 1.60. The number of hydrogen-bond donors (Lipinski definition) is 1. The van der Waals surface area contributed by atoms with Crippen LogP contribution in [0.25, 0.3) is 0 Å². The highest BCUT2D eigenvalue weighted by Gasteiger charge is 2.01. The van der Waals surface area contributed by atoms with Crippen molar-refractivity contribution in [2.45, 2.75) is 20.3 Å². The van der Waals surface area contributed by atoms with E-state index < -0.39 is 0 Å². The topological polar surface area (TPSA) is 24.9 Å². The molecule has 0 aliphatic rings. The molecule has 2 rings (SSSR count). The van der Waals surface area contributed by atoms with Crippen molar-refractivity contribution in [1.82, 2.24) is 4.98 Å². The van der Waals surface area contributed by atoms with Gasteiger partial charge in [0.1, 0.15) is 5.82 Å². The monoisotopic (exact) mass is 310 g/mol. The predicted octanol–water partition coefficient (Wildman–Crippen LogP) is 4.18. The lowest BCUT2D eigenvalue weighted by Gasteiger charge is -2.06. The number of halogens is 1. The second-order valence-corrected chi connectivity index (χ2v) is 5.88. The quantitative estimate of drug-likeness (QED) is 0.916. The van der Waals surface area contributed by atoms with Crippen molar-refractivity contribution in [2.75, 3.05) is 11.9 Å². The molecule has 0 spiro atoms. The van der Waals surface area contributed by atoms with E-state index in [-0.39, 0.29) is 0 Å². The molecule has 0 atom stereocenters. The minimum atomic E-state index is 0.926. The molecule has 0 aromatic carbocycles. The van der Waals surface area contributed by atoms with Crippen LogP contribution in [0.2, 0.25) is 0 Å². The maximum atomic E-state index is 4.33. The number of nitrogens with zero attached hydrogens (tertiary/aromatic N) is 1. The number of rotatable bonds is 4. The lowest BCUT2D eigenvalue weighted by atomic mass is 10.2. The molecule has 0 aliphatic heterocycles. The van der Waals surface area contributed by atoms with Crippen LogP contribution in [0.1, 0.15) is 16.0 Å². The van der Waals surface area contributed by atoms with E-state index in [2.05, 4.69) is 57.6 Å². The van der Waals surface area contributed by atoms with E-state index in [1.807, 2.05) is 17.5 Å². The van der Waals surface area contributed by atoms with E-state index in [1.165, 1.54) is 16.0 Å². The van der Waals surface area contributed by atoms with Gasteiger partial charge in [-0.05, 0) is 64.8 Å². The fourth-order valence-corrected chi connectivity index (χ4v) is 2.73. The molecule has 0 radical (unpaired) electrons. The maximum Gasteiger partial charge on any atom is 0.126 e. The first-order chi connectivity index (χ1) is 8.16. The molecular weight excluding hydrogens is 296 g/mol. The molecule has 2 nitrogen and oxygen atoms in total. The highest BCUT2D eigenvalue weighted by molar-refractivity contribution is 9.10. The third kappa shape index (κ3) is 3.30. The first-order valence-electron chi connectivity index (χ1n) is 5.56. The van der Waals surface area contributed by atoms with Gasteiger partial charge in [-0.15, -0.1) is 11.3 Å². The first-order valence-corrected chi connectivity index (χ1v) is 7.23. The first kappa shape index (κ1) is 12.6. The minimum Gasteiger partial charge on any atom is -0.370 e. The molecule has 0 bridgehead atoms. The molecule has 0 amide bonds. The summed E-state index contributed by atoms with van der Waals surface area (Å²) in [4.78, 5) is 5.78. The van der Waals surface area contributed by atoms with Gasteiger partial charge in [-0.1, -0.05) is 0 Å². The molecule has 0 aliphatic carbocycles. The standard InChI is InChI=1S/C13H15BrN2S/c1-9-4-6-17-12(9)3-5-15-13-7-10(2)11(14)8-16-13/h4,6-8H,3,5H2,1-2H3,(H,15,16). The Morgan fingerprint density at radius 1 is 1.35 bits per heavy atom. The van der Waals surface area contributed by atoms with Crippen LogP contribution in [-0.2, 0) is 6.42 Å². The molecule has 17 heavy (non-hydrogen) atoms. The Labute approximate surface area is 114 Å². The SMILES string of the molecule is Cc1cc(NCCc2sccc2C)ncc1Br. The maximum absolute atomic E-state index is 4.33. The fraction of sp³-hybridized carbons (Fsp3) is 0.308. The van der Waals surface area contributed by atoms with Crippen molar-refractivity contribution in [2.24, 2.45) is 0 Å². The molecular formula is C13H15BrN2S. The van der Waals surface area contributed by atoms with E-state index in [0.29, 0.717) is 0 Å². The molecule has 4 heteroatoms. The van der Waals surface area contributed by atoms with Crippen LogP contribution >= 0.6 is 27.3 Å². The zero-order valence-corrected chi connectivity index (χ0v) is 12.4. The van der Waals surface area contributed by atoms with Gasteiger partial charge in [0.15, 0.2) is 0 Å². The Balaban J connectivity index is 1.90. The molecule has 90 valence electrons. The summed E-state index contributed by atoms with van der Waals surface area (Å²) < 4.78 is 1.05. The van der Waals surface area contributed by atoms with Crippen LogP contribution in [0.3, 0.4) is 0 Å². The molecule has 2 heterocycles. The Kier molecular flexibility index (Phi) is 4.18. The smallest absolute Gasteiger partial charge is 0.126 e. The average molecular weight is 311 g/mol. The third-order valence-electron chi connectivity index (χ3n) is 2.67. The number of nitrogens with one attached hydrogen (secondary N) is 1. The van der Waals surface area contributed by atoms with Crippen molar-refractivity contribution in [3.63, 3.8) is 0 Å². The second-order valence-electron chi connectivity index (χ2n) is 4.02. The van der Waals surface area contributed by atoms with Crippen LogP contribution in [0.15, 0.2) is 28.2 Å². The van der Waals surface area contributed by atoms with Gasteiger partial charge >= 0.3 is 0 Å². The molecule has 0 unspecified atom stereocenters. The summed E-state index contributed by atoms with van der Waals surface area (Å²) in [7, 11) is 0. The van der Waals surface area contributed by atoms with E-state index in [4.69, 9.17) is 0 Å². The minimum absolute atomic E-state index is 0.926. The predicted molar refractivity (Wildman–Crippen MR) is 77.9 cm³/mol. The Morgan fingerprint density at radius 3 is 2.82 bits per heavy atom. The van der Waals surface area contributed by atoms with Crippen molar-refractivity contribution in [3.05, 3.63) is 44.2 Å². The zero-order chi connectivity index (χ0) is 12.3. The van der Waals surface area contributed by atoms with Crippen LogP contribution in [0.5, 0.6) is 0 Å². The lowest BCUT2D eigenvalue weighted by molar-refractivity contribution is 1.02. The van der Waals surface area contributed by atoms with Crippen LogP contribution in [-0.4, -0.2) is 11.5 Å². The summed E-state index contributed by atoms with van der Waals surface area (Å²) in [5.41, 5.74) is 2.59. The molecule has 0 saturated carbocycles. The Hall–Kier alpha value is -0.870. The van der Waals surface area contributed by atoms with Gasteiger partial charge in [-0.2, -0.15) is 0 Å². The van der Waals surface area contributed by atoms with Crippen molar-refractivity contribution >= 4 is 33.1 Å². The van der Waals surface area contributed by atoms with Gasteiger partial charge in [0.2, 0.25) is 0 Å². The number of hydrogen-bond acceptors (Lipinski definition) is 3. The van der Waals surface area contributed by atoms with E-state index in [1.54, 1.807) is 0 Å². The van der Waals surface area contributed by atoms with Crippen molar-refractivity contribution < 1.29 is 0 Å². The Bertz CT molecular complexity index is 508. The van der Waals surface area contributed by atoms with Gasteiger partial charge in [0, 0.05) is 22.1 Å². The lowest BCUT2D eigenvalue weighted by Crippen LogP contribution is -2.06. The largest absolute Gasteiger partial charge is 0.370 e. The van der Waals surface area contributed by atoms with Gasteiger partial charge in [0.05, 0.1) is 0 Å². The van der Waals surface area contributed by atoms with Gasteiger partial charge in [-0.25, -0.2) is 4.98 Å². The second kappa shape index (κ2) is 5.65. The highest BCUT2D eigenvalue weighted by atomic mass is 79.9. The Morgan fingerprint density at radius 2 is 2.18 bits per heavy atom. The number of aryl methyl sites for hydroxylation is 2. The van der Waals surface area contributed by atoms with Crippen molar-refractivity contribution in [1.29, 1.82) is 0 Å². The molecule has 2 aromatic rings. The van der Waals surface area contributed by atoms with Gasteiger partial charge in [-0.3, -0.25) is 0 Å². The summed E-state index contributed by atoms with van der Waals surface area (Å²) in [5, 5.41) is 5.50. The summed E-state index contributed by atoms with van der Waals surface area (Å²) in [5.74, 6) is 0.944. The van der Waals surface area contributed by atoms with Crippen LogP contribution in [0.4, 0.5) is 5.82 Å². The van der Waals surface area contributed by atoms with Gasteiger partial charge < -0.3 is 5.32 Å². The molecule has 0 fully saturated rings. The normalized spacial score (nSPS) is 10.5. The van der Waals surface area contributed by atoms with E-state index >= 15 is 0 Å². The summed E-state index contributed by atoms with van der Waals surface area (Å²) in [6.45, 7) is 5.16. The molecule has 0 saturated heterocycles. The van der Waals surface area contributed by atoms with E-state index in [9.17, 15) is 0 Å². The number of aromatic nitrogens is 1. The third-order valence-corrected chi connectivity index (χ3v) is 4.59. The summed E-state index contributed by atoms with van der Waals surface area (Å²) in [6, 6.07) is 4.23. The van der Waals surface area contributed by atoms with Crippen LogP contribution in [0, 0.1) is 13.8 Å². The summed E-state index contributed by atoms with van der Waals surface area (Å²) >= 11 is 5.27.